The molecule has 0 aliphatic rings. The van der Waals surface area contributed by atoms with Gasteiger partial charge in [-0.05, 0) is 30.5 Å². The third-order valence-corrected chi connectivity index (χ3v) is 3.24. The molecule has 0 N–H and O–H groups in total. The van der Waals surface area contributed by atoms with E-state index in [4.69, 9.17) is 0 Å². The predicted octanol–water partition coefficient (Wildman–Crippen LogP) is 3.19. The Kier molecular flexibility index (Phi) is 3.15. The summed E-state index contributed by atoms with van der Waals surface area (Å²) in [6, 6.07) is 6.13. The Morgan fingerprint density at radius 2 is 2.12 bits per heavy atom. The molecule has 3 heteroatoms. The molecule has 0 bridgehead atoms. The first-order valence-corrected chi connectivity index (χ1v) is 6.08. The largest absolute Gasteiger partial charge is 0.292 e. The van der Waals surface area contributed by atoms with E-state index in [1.54, 1.807) is 10.9 Å². The molecule has 1 aromatic carbocycles. The molecule has 2 rings (SSSR count). The summed E-state index contributed by atoms with van der Waals surface area (Å²) >= 11 is 1.45. The standard InChI is InChI=1S/C13H13NOS/c1-9-3-4-11(5-10(9)2)6-13(15)12-7-16-8-14-12/h3-5,7-8H,6H2,1-2H3. The maximum Gasteiger partial charge on any atom is 0.186 e. The van der Waals surface area contributed by atoms with Gasteiger partial charge < -0.3 is 0 Å². The highest BCUT2D eigenvalue weighted by molar-refractivity contribution is 7.07. The molecule has 82 valence electrons. The van der Waals surface area contributed by atoms with Crippen LogP contribution in [0.5, 0.6) is 0 Å². The van der Waals surface area contributed by atoms with E-state index >= 15 is 0 Å². The summed E-state index contributed by atoms with van der Waals surface area (Å²) in [5.74, 6) is 0.0875. The van der Waals surface area contributed by atoms with Crippen LogP contribution in [0.1, 0.15) is 27.2 Å². The van der Waals surface area contributed by atoms with E-state index in [1.165, 1.54) is 22.5 Å². The molecule has 0 amide bonds. The lowest BCUT2D eigenvalue weighted by molar-refractivity contribution is 0.0989. The van der Waals surface area contributed by atoms with Gasteiger partial charge in [-0.2, -0.15) is 0 Å². The van der Waals surface area contributed by atoms with Crippen molar-refractivity contribution in [1.29, 1.82) is 0 Å². The SMILES string of the molecule is Cc1ccc(CC(=O)c2cscn2)cc1C. The molecular weight excluding hydrogens is 218 g/mol. The monoisotopic (exact) mass is 231 g/mol. The highest BCUT2D eigenvalue weighted by Crippen LogP contribution is 2.12. The van der Waals surface area contributed by atoms with Crippen LogP contribution in [0, 0.1) is 13.8 Å². The molecule has 0 aliphatic carbocycles. The maximum absolute atomic E-state index is 11.8. The van der Waals surface area contributed by atoms with E-state index in [1.807, 2.05) is 6.07 Å². The minimum Gasteiger partial charge on any atom is -0.292 e. The number of thiazole rings is 1. The topological polar surface area (TPSA) is 30.0 Å². The fourth-order valence-electron chi connectivity index (χ4n) is 1.54. The second kappa shape index (κ2) is 4.58. The fourth-order valence-corrected chi connectivity index (χ4v) is 2.10. The number of nitrogens with zero attached hydrogens (tertiary/aromatic N) is 1. The molecule has 0 aliphatic heterocycles. The molecule has 0 radical (unpaired) electrons. The normalized spacial score (nSPS) is 10.4. The average Bonchev–Trinajstić information content (AvgIpc) is 2.77. The zero-order valence-electron chi connectivity index (χ0n) is 9.36. The quantitative estimate of drug-likeness (QED) is 0.759. The Morgan fingerprint density at radius 1 is 1.31 bits per heavy atom. The summed E-state index contributed by atoms with van der Waals surface area (Å²) in [4.78, 5) is 15.8. The van der Waals surface area contributed by atoms with Crippen LogP contribution in [0.2, 0.25) is 0 Å². The van der Waals surface area contributed by atoms with Crippen LogP contribution in [0.3, 0.4) is 0 Å². The number of ketones is 1. The Labute approximate surface area is 99.0 Å². The van der Waals surface area contributed by atoms with Crippen molar-refractivity contribution in [2.24, 2.45) is 0 Å². The van der Waals surface area contributed by atoms with Crippen molar-refractivity contribution in [2.75, 3.05) is 0 Å². The van der Waals surface area contributed by atoms with Crippen LogP contribution in [0.15, 0.2) is 29.1 Å². The summed E-state index contributed by atoms with van der Waals surface area (Å²) < 4.78 is 0. The van der Waals surface area contributed by atoms with Crippen LogP contribution in [-0.2, 0) is 6.42 Å². The van der Waals surface area contributed by atoms with E-state index in [0.29, 0.717) is 12.1 Å². The van der Waals surface area contributed by atoms with Crippen LogP contribution >= 0.6 is 11.3 Å². The Bertz CT molecular complexity index is 503. The molecule has 0 fully saturated rings. The zero-order chi connectivity index (χ0) is 11.5. The van der Waals surface area contributed by atoms with Gasteiger partial charge in [0.15, 0.2) is 5.78 Å². The molecule has 2 nitrogen and oxygen atoms in total. The molecule has 0 unspecified atom stereocenters. The first-order valence-electron chi connectivity index (χ1n) is 5.14. The summed E-state index contributed by atoms with van der Waals surface area (Å²) in [5, 5.41) is 1.80. The third kappa shape index (κ3) is 2.36. The van der Waals surface area contributed by atoms with Crippen LogP contribution < -0.4 is 0 Å². The van der Waals surface area contributed by atoms with Crippen molar-refractivity contribution >= 4 is 17.1 Å². The summed E-state index contributed by atoms with van der Waals surface area (Å²) in [6.45, 7) is 4.13. The van der Waals surface area contributed by atoms with E-state index < -0.39 is 0 Å². The van der Waals surface area contributed by atoms with Crippen molar-refractivity contribution in [3.8, 4) is 0 Å². The highest BCUT2D eigenvalue weighted by atomic mass is 32.1. The zero-order valence-corrected chi connectivity index (χ0v) is 10.2. The molecule has 0 atom stereocenters. The predicted molar refractivity (Wildman–Crippen MR) is 66.1 cm³/mol. The van der Waals surface area contributed by atoms with Crippen LogP contribution in [-0.4, -0.2) is 10.8 Å². The van der Waals surface area contributed by atoms with Crippen molar-refractivity contribution < 1.29 is 4.79 Å². The summed E-state index contributed by atoms with van der Waals surface area (Å²) in [5.41, 5.74) is 5.80. The molecule has 2 aromatic rings. The van der Waals surface area contributed by atoms with Crippen LogP contribution in [0.25, 0.3) is 0 Å². The second-order valence-electron chi connectivity index (χ2n) is 3.89. The number of aromatic nitrogens is 1. The average molecular weight is 231 g/mol. The van der Waals surface area contributed by atoms with Gasteiger partial charge in [-0.15, -0.1) is 11.3 Å². The summed E-state index contributed by atoms with van der Waals surface area (Å²) in [7, 11) is 0. The van der Waals surface area contributed by atoms with E-state index in [9.17, 15) is 4.79 Å². The van der Waals surface area contributed by atoms with Gasteiger partial charge in [-0.25, -0.2) is 4.98 Å². The second-order valence-corrected chi connectivity index (χ2v) is 4.61. The van der Waals surface area contributed by atoms with Gasteiger partial charge in [-0.1, -0.05) is 18.2 Å². The molecule has 0 spiro atoms. The lowest BCUT2D eigenvalue weighted by atomic mass is 10.0. The number of rotatable bonds is 3. The van der Waals surface area contributed by atoms with Gasteiger partial charge in [0.05, 0.1) is 5.51 Å². The molecular formula is C13H13NOS. The number of hydrogen-bond donors (Lipinski definition) is 0. The number of aryl methyl sites for hydroxylation is 2. The van der Waals surface area contributed by atoms with Crippen molar-refractivity contribution in [3.05, 3.63) is 51.5 Å². The number of hydrogen-bond acceptors (Lipinski definition) is 3. The lowest BCUT2D eigenvalue weighted by Gasteiger charge is -2.03. The smallest absolute Gasteiger partial charge is 0.186 e. The third-order valence-electron chi connectivity index (χ3n) is 2.65. The van der Waals surface area contributed by atoms with Gasteiger partial charge in [0, 0.05) is 11.8 Å². The van der Waals surface area contributed by atoms with Crippen molar-refractivity contribution in [1.82, 2.24) is 4.98 Å². The lowest BCUT2D eigenvalue weighted by Crippen LogP contribution is -2.04. The molecule has 0 saturated carbocycles. The van der Waals surface area contributed by atoms with Gasteiger partial charge >= 0.3 is 0 Å². The first-order chi connectivity index (χ1) is 7.66. The van der Waals surface area contributed by atoms with Gasteiger partial charge in [-0.3, -0.25) is 4.79 Å². The maximum atomic E-state index is 11.8. The van der Waals surface area contributed by atoms with E-state index in [0.717, 1.165) is 5.56 Å². The molecule has 1 aromatic heterocycles. The highest BCUT2D eigenvalue weighted by Gasteiger charge is 2.09. The molecule has 0 saturated heterocycles. The molecule has 1 heterocycles. The number of carbonyl (C=O) groups excluding carboxylic acids is 1. The van der Waals surface area contributed by atoms with E-state index in [-0.39, 0.29) is 5.78 Å². The van der Waals surface area contributed by atoms with Gasteiger partial charge in [0.1, 0.15) is 5.69 Å². The van der Waals surface area contributed by atoms with Crippen molar-refractivity contribution in [3.63, 3.8) is 0 Å². The number of Topliss-reactive ketones (excluding diaryl/α,β-unsaturated/α-hetero) is 1. The van der Waals surface area contributed by atoms with Gasteiger partial charge in [0.2, 0.25) is 0 Å². The Morgan fingerprint density at radius 3 is 2.75 bits per heavy atom. The fraction of sp³-hybridized carbons (Fsp3) is 0.231. The Hall–Kier alpha value is -1.48. The minimum absolute atomic E-state index is 0.0875. The minimum atomic E-state index is 0.0875. The Balaban J connectivity index is 2.15. The van der Waals surface area contributed by atoms with Gasteiger partial charge in [0.25, 0.3) is 0 Å². The van der Waals surface area contributed by atoms with Crippen LogP contribution in [0.4, 0.5) is 0 Å². The van der Waals surface area contributed by atoms with Crippen molar-refractivity contribution in [2.45, 2.75) is 20.3 Å². The number of benzene rings is 1. The first kappa shape index (κ1) is 11.0. The number of carbonyl (C=O) groups is 1. The molecule has 16 heavy (non-hydrogen) atoms. The summed E-state index contributed by atoms with van der Waals surface area (Å²) in [6.07, 6.45) is 0.435. The van der Waals surface area contributed by atoms with E-state index in [2.05, 4.69) is 31.0 Å².